The molecule has 0 spiro atoms. The number of anilines is 1. The fourth-order valence-corrected chi connectivity index (χ4v) is 3.37. The normalized spacial score (nSPS) is 25.6. The molecule has 0 N–H and O–H groups in total. The van der Waals surface area contributed by atoms with E-state index in [9.17, 15) is 0 Å². The van der Waals surface area contributed by atoms with E-state index in [0.717, 1.165) is 36.9 Å². The maximum Gasteiger partial charge on any atom is 0.515 e. The van der Waals surface area contributed by atoms with E-state index < -0.39 is 0 Å². The Balaban J connectivity index is 1.71. The third kappa shape index (κ3) is 2.84. The summed E-state index contributed by atoms with van der Waals surface area (Å²) in [6.07, 6.45) is 0. The molecule has 7 heteroatoms. The average molecular weight is 309 g/mol. The van der Waals surface area contributed by atoms with Gasteiger partial charge in [-0.15, -0.1) is 11.3 Å². The number of nitrogens with zero attached hydrogens (tertiary/aromatic N) is 3. The summed E-state index contributed by atoms with van der Waals surface area (Å²) in [6.45, 7) is 12.5. The van der Waals surface area contributed by atoms with Crippen LogP contribution in [0.4, 0.5) is 5.13 Å². The second kappa shape index (κ2) is 5.23. The van der Waals surface area contributed by atoms with E-state index >= 15 is 0 Å². The molecule has 0 unspecified atom stereocenters. The lowest BCUT2D eigenvalue weighted by Gasteiger charge is -2.32. The van der Waals surface area contributed by atoms with Gasteiger partial charge < -0.3 is 19.1 Å². The summed E-state index contributed by atoms with van der Waals surface area (Å²) in [5, 5.41) is 3.14. The van der Waals surface area contributed by atoms with Crippen molar-refractivity contribution in [3.05, 3.63) is 5.38 Å². The van der Waals surface area contributed by atoms with Crippen molar-refractivity contribution < 1.29 is 9.31 Å². The summed E-state index contributed by atoms with van der Waals surface area (Å²) in [4.78, 5) is 9.44. The van der Waals surface area contributed by atoms with Crippen LogP contribution in [-0.4, -0.2) is 61.4 Å². The zero-order valence-electron chi connectivity index (χ0n) is 13.5. The van der Waals surface area contributed by atoms with E-state index in [1.807, 2.05) is 0 Å². The van der Waals surface area contributed by atoms with Crippen LogP contribution in [0.2, 0.25) is 0 Å². The molecule has 2 aliphatic heterocycles. The molecule has 0 saturated carbocycles. The van der Waals surface area contributed by atoms with Crippen molar-refractivity contribution in [1.82, 2.24) is 9.88 Å². The van der Waals surface area contributed by atoms with Crippen molar-refractivity contribution in [3.63, 3.8) is 0 Å². The highest BCUT2D eigenvalue weighted by Gasteiger charge is 2.52. The zero-order chi connectivity index (χ0) is 15.3. The minimum Gasteiger partial charge on any atom is -0.398 e. The number of likely N-dealkylation sites (N-methyl/N-ethyl adjacent to an activating group) is 1. The molecule has 1 aromatic rings. The van der Waals surface area contributed by atoms with E-state index in [1.165, 1.54) is 0 Å². The fourth-order valence-electron chi connectivity index (χ4n) is 2.49. The second-order valence-corrected chi connectivity index (χ2v) is 7.77. The zero-order valence-corrected chi connectivity index (χ0v) is 14.4. The molecular formula is C14H24BN3O2S. The van der Waals surface area contributed by atoms with Gasteiger partial charge in [0.2, 0.25) is 0 Å². The minimum absolute atomic E-state index is 0.310. The molecule has 3 rings (SSSR count). The number of aromatic nitrogens is 1. The van der Waals surface area contributed by atoms with E-state index in [4.69, 9.17) is 14.3 Å². The van der Waals surface area contributed by atoms with Gasteiger partial charge in [-0.2, -0.15) is 0 Å². The van der Waals surface area contributed by atoms with Gasteiger partial charge in [0, 0.05) is 31.6 Å². The van der Waals surface area contributed by atoms with Crippen LogP contribution in [-0.2, 0) is 9.31 Å². The molecule has 0 aliphatic carbocycles. The highest BCUT2D eigenvalue weighted by Crippen LogP contribution is 2.36. The summed E-state index contributed by atoms with van der Waals surface area (Å²) in [6, 6.07) is 0. The Hall–Kier alpha value is -0.625. The highest BCUT2D eigenvalue weighted by molar-refractivity contribution is 7.14. The fraction of sp³-hybridized carbons (Fsp3) is 0.786. The van der Waals surface area contributed by atoms with Crippen molar-refractivity contribution in [2.75, 3.05) is 38.1 Å². The quantitative estimate of drug-likeness (QED) is 0.767. The van der Waals surface area contributed by atoms with Crippen LogP contribution in [0.25, 0.3) is 0 Å². The Kier molecular flexibility index (Phi) is 3.80. The van der Waals surface area contributed by atoms with Crippen LogP contribution in [0.3, 0.4) is 0 Å². The molecule has 1 aromatic heterocycles. The van der Waals surface area contributed by atoms with Gasteiger partial charge in [0.1, 0.15) is 0 Å². The molecular weight excluding hydrogens is 285 g/mol. The largest absolute Gasteiger partial charge is 0.515 e. The first-order valence-electron chi connectivity index (χ1n) is 7.53. The van der Waals surface area contributed by atoms with Crippen LogP contribution >= 0.6 is 11.3 Å². The smallest absolute Gasteiger partial charge is 0.398 e. The Morgan fingerprint density at radius 3 is 2.24 bits per heavy atom. The van der Waals surface area contributed by atoms with Gasteiger partial charge in [0.25, 0.3) is 0 Å². The first-order chi connectivity index (χ1) is 9.78. The second-order valence-electron chi connectivity index (χ2n) is 6.93. The lowest BCUT2D eigenvalue weighted by molar-refractivity contribution is 0.00578. The van der Waals surface area contributed by atoms with E-state index in [-0.39, 0.29) is 18.3 Å². The monoisotopic (exact) mass is 309 g/mol. The Labute approximate surface area is 131 Å². The lowest BCUT2D eigenvalue weighted by atomic mass is 9.86. The molecule has 0 atom stereocenters. The molecule has 0 amide bonds. The van der Waals surface area contributed by atoms with E-state index in [2.05, 4.69) is 49.9 Å². The SMILES string of the molecule is CN1CCN(c2nc(B3OC(C)(C)C(C)(C)O3)cs2)CC1. The van der Waals surface area contributed by atoms with Crippen molar-refractivity contribution in [2.24, 2.45) is 0 Å². The lowest BCUT2D eigenvalue weighted by Crippen LogP contribution is -2.45. The number of hydrogen-bond acceptors (Lipinski definition) is 6. The number of rotatable bonds is 2. The number of hydrogen-bond donors (Lipinski definition) is 0. The first-order valence-corrected chi connectivity index (χ1v) is 8.41. The molecule has 21 heavy (non-hydrogen) atoms. The Bertz CT molecular complexity index is 496. The molecule has 2 saturated heterocycles. The minimum atomic E-state index is -0.354. The third-order valence-corrected chi connectivity index (χ3v) is 5.70. The van der Waals surface area contributed by atoms with Crippen molar-refractivity contribution in [1.29, 1.82) is 0 Å². The summed E-state index contributed by atoms with van der Waals surface area (Å²) < 4.78 is 12.1. The predicted molar refractivity (Wildman–Crippen MR) is 87.5 cm³/mol. The molecule has 2 fully saturated rings. The molecule has 0 radical (unpaired) electrons. The molecule has 3 heterocycles. The van der Waals surface area contributed by atoms with Crippen molar-refractivity contribution in [2.45, 2.75) is 38.9 Å². The standard InChI is InChI=1S/C14H24BN3O2S/c1-13(2)14(3,4)20-15(19-13)11-10-21-12(16-11)18-8-6-17(5)7-9-18/h10H,6-9H2,1-5H3. The van der Waals surface area contributed by atoms with Gasteiger partial charge in [-0.25, -0.2) is 4.98 Å². The van der Waals surface area contributed by atoms with Crippen molar-refractivity contribution in [3.8, 4) is 0 Å². The van der Waals surface area contributed by atoms with E-state index in [0.29, 0.717) is 0 Å². The van der Waals surface area contributed by atoms with Crippen molar-refractivity contribution >= 4 is 29.2 Å². The summed E-state index contributed by atoms with van der Waals surface area (Å²) in [5.41, 5.74) is 0.275. The topological polar surface area (TPSA) is 37.8 Å². The maximum atomic E-state index is 6.06. The van der Waals surface area contributed by atoms with Gasteiger partial charge in [-0.1, -0.05) is 0 Å². The van der Waals surface area contributed by atoms with Gasteiger partial charge in [-0.3, -0.25) is 0 Å². The molecule has 0 aromatic carbocycles. The Morgan fingerprint density at radius 1 is 1.10 bits per heavy atom. The molecule has 116 valence electrons. The van der Waals surface area contributed by atoms with Gasteiger partial charge in [0.15, 0.2) is 5.13 Å². The van der Waals surface area contributed by atoms with Crippen LogP contribution in [0.5, 0.6) is 0 Å². The summed E-state index contributed by atoms with van der Waals surface area (Å²) in [5.74, 6) is 0. The third-order valence-electron chi connectivity index (χ3n) is 4.78. The average Bonchev–Trinajstić information content (AvgIpc) is 2.94. The summed E-state index contributed by atoms with van der Waals surface area (Å²) in [7, 11) is 1.81. The van der Waals surface area contributed by atoms with Crippen LogP contribution in [0.15, 0.2) is 5.38 Å². The van der Waals surface area contributed by atoms with Gasteiger partial charge >= 0.3 is 7.12 Å². The molecule has 2 aliphatic rings. The van der Waals surface area contributed by atoms with Crippen LogP contribution < -0.4 is 10.5 Å². The Morgan fingerprint density at radius 2 is 1.67 bits per heavy atom. The molecule has 0 bridgehead atoms. The van der Waals surface area contributed by atoms with Crippen LogP contribution in [0, 0.1) is 0 Å². The number of piperazine rings is 1. The predicted octanol–water partition coefficient (Wildman–Crippen LogP) is 1.19. The molecule has 5 nitrogen and oxygen atoms in total. The summed E-state index contributed by atoms with van der Waals surface area (Å²) >= 11 is 1.68. The van der Waals surface area contributed by atoms with Crippen LogP contribution in [0.1, 0.15) is 27.7 Å². The first kappa shape index (κ1) is 15.3. The van der Waals surface area contributed by atoms with Gasteiger partial charge in [0.05, 0.1) is 16.8 Å². The highest BCUT2D eigenvalue weighted by atomic mass is 32.1. The van der Waals surface area contributed by atoms with Gasteiger partial charge in [-0.05, 0) is 34.7 Å². The maximum absolute atomic E-state index is 6.06. The van der Waals surface area contributed by atoms with E-state index in [1.54, 1.807) is 11.3 Å². The number of thiazole rings is 1.